The van der Waals surface area contributed by atoms with Gasteiger partial charge in [-0.3, -0.25) is 9.36 Å². The van der Waals surface area contributed by atoms with Gasteiger partial charge in [0.05, 0.1) is 29.8 Å². The standard InChI is InChI=1S/C23H24N6O2S/c1-16-6-2-5-9-19(16)29-22(28-11-13-31-14-12-28)26-27-23(29)32-15-10-20-24-18-8-4-3-7-17(18)21(30)25-20/h2-9H,10-15H2,1H3,(H,24,25,30). The fraction of sp³-hybridized carbons (Fsp3) is 0.304. The summed E-state index contributed by atoms with van der Waals surface area (Å²) in [5.41, 5.74) is 2.84. The van der Waals surface area contributed by atoms with Gasteiger partial charge >= 0.3 is 0 Å². The lowest BCUT2D eigenvalue weighted by atomic mass is 10.2. The summed E-state index contributed by atoms with van der Waals surface area (Å²) >= 11 is 1.61. The number of nitrogens with zero attached hydrogens (tertiary/aromatic N) is 5. The molecule has 164 valence electrons. The van der Waals surface area contributed by atoms with Crippen molar-refractivity contribution in [2.24, 2.45) is 0 Å². The summed E-state index contributed by atoms with van der Waals surface area (Å²) in [5.74, 6) is 2.23. The lowest BCUT2D eigenvalue weighted by molar-refractivity contribution is 0.122. The number of hydrogen-bond acceptors (Lipinski definition) is 7. The molecule has 9 heteroatoms. The molecule has 0 aliphatic carbocycles. The van der Waals surface area contributed by atoms with Crippen LogP contribution in [0.4, 0.5) is 5.95 Å². The molecule has 1 saturated heterocycles. The molecule has 1 aliphatic heterocycles. The molecular weight excluding hydrogens is 424 g/mol. The Labute approximate surface area is 189 Å². The average Bonchev–Trinajstić information content (AvgIpc) is 3.24. The van der Waals surface area contributed by atoms with Crippen LogP contribution in [0.15, 0.2) is 58.5 Å². The first-order valence-corrected chi connectivity index (χ1v) is 11.6. The molecular formula is C23H24N6O2S. The highest BCUT2D eigenvalue weighted by molar-refractivity contribution is 7.99. The molecule has 0 spiro atoms. The molecule has 2 aromatic heterocycles. The van der Waals surface area contributed by atoms with E-state index in [4.69, 9.17) is 4.74 Å². The number of rotatable bonds is 6. The number of aromatic nitrogens is 5. The molecule has 0 radical (unpaired) electrons. The number of fused-ring (bicyclic) bond motifs is 1. The monoisotopic (exact) mass is 448 g/mol. The second-order valence-electron chi connectivity index (χ2n) is 7.63. The Morgan fingerprint density at radius 2 is 1.84 bits per heavy atom. The van der Waals surface area contributed by atoms with Gasteiger partial charge in [-0.25, -0.2) is 4.98 Å². The van der Waals surface area contributed by atoms with Gasteiger partial charge in [0, 0.05) is 25.3 Å². The van der Waals surface area contributed by atoms with E-state index in [1.807, 2.05) is 30.3 Å². The van der Waals surface area contributed by atoms with E-state index < -0.39 is 0 Å². The largest absolute Gasteiger partial charge is 0.378 e. The highest BCUT2D eigenvalue weighted by Gasteiger charge is 2.22. The van der Waals surface area contributed by atoms with Gasteiger partial charge in [-0.15, -0.1) is 10.2 Å². The fourth-order valence-corrected chi connectivity index (χ4v) is 4.73. The number of nitrogens with one attached hydrogen (secondary N) is 1. The van der Waals surface area contributed by atoms with Gasteiger partial charge < -0.3 is 14.6 Å². The van der Waals surface area contributed by atoms with Crippen LogP contribution < -0.4 is 10.5 Å². The predicted octanol–water partition coefficient (Wildman–Crippen LogP) is 2.98. The maximum Gasteiger partial charge on any atom is 0.258 e. The van der Waals surface area contributed by atoms with Crippen LogP contribution in [0.25, 0.3) is 16.6 Å². The minimum atomic E-state index is -0.103. The first-order valence-electron chi connectivity index (χ1n) is 10.7. The number of benzene rings is 2. The van der Waals surface area contributed by atoms with E-state index in [9.17, 15) is 4.79 Å². The van der Waals surface area contributed by atoms with Crippen molar-refractivity contribution in [2.45, 2.75) is 18.5 Å². The number of morpholine rings is 1. The lowest BCUT2D eigenvalue weighted by Crippen LogP contribution is -2.38. The first kappa shape index (κ1) is 20.7. The fourth-order valence-electron chi connectivity index (χ4n) is 3.84. The van der Waals surface area contributed by atoms with Crippen LogP contribution in [0, 0.1) is 6.92 Å². The minimum Gasteiger partial charge on any atom is -0.378 e. The molecule has 5 rings (SSSR count). The number of anilines is 1. The molecule has 0 saturated carbocycles. The van der Waals surface area contributed by atoms with Gasteiger partial charge in [0.1, 0.15) is 5.82 Å². The number of aromatic amines is 1. The second-order valence-corrected chi connectivity index (χ2v) is 8.69. The first-order chi connectivity index (χ1) is 15.7. The predicted molar refractivity (Wildman–Crippen MR) is 126 cm³/mol. The maximum absolute atomic E-state index is 12.3. The van der Waals surface area contributed by atoms with E-state index in [0.717, 1.165) is 35.4 Å². The van der Waals surface area contributed by atoms with Crippen LogP contribution in [-0.4, -0.2) is 56.8 Å². The number of para-hydroxylation sites is 2. The summed E-state index contributed by atoms with van der Waals surface area (Å²) in [6.45, 7) is 5.04. The second kappa shape index (κ2) is 9.13. The highest BCUT2D eigenvalue weighted by Crippen LogP contribution is 2.29. The molecule has 4 aromatic rings. The van der Waals surface area contributed by atoms with Gasteiger partial charge in [-0.2, -0.15) is 0 Å². The summed E-state index contributed by atoms with van der Waals surface area (Å²) in [4.78, 5) is 22.1. The van der Waals surface area contributed by atoms with E-state index in [1.165, 1.54) is 0 Å². The van der Waals surface area contributed by atoms with Crippen LogP contribution in [0.2, 0.25) is 0 Å². The van der Waals surface area contributed by atoms with Crippen molar-refractivity contribution in [3.63, 3.8) is 0 Å². The Morgan fingerprint density at radius 3 is 2.69 bits per heavy atom. The molecule has 1 aliphatic rings. The van der Waals surface area contributed by atoms with Crippen molar-refractivity contribution in [1.29, 1.82) is 0 Å². The average molecular weight is 449 g/mol. The van der Waals surface area contributed by atoms with E-state index >= 15 is 0 Å². The Morgan fingerprint density at radius 1 is 1.06 bits per heavy atom. The van der Waals surface area contributed by atoms with E-state index in [1.54, 1.807) is 17.8 Å². The van der Waals surface area contributed by atoms with Crippen molar-refractivity contribution in [3.8, 4) is 5.69 Å². The summed E-state index contributed by atoms with van der Waals surface area (Å²) < 4.78 is 7.64. The Bertz CT molecular complexity index is 1300. The number of ether oxygens (including phenoxy) is 1. The quantitative estimate of drug-likeness (QED) is 0.454. The van der Waals surface area contributed by atoms with Crippen molar-refractivity contribution < 1.29 is 4.74 Å². The lowest BCUT2D eigenvalue weighted by Gasteiger charge is -2.28. The highest BCUT2D eigenvalue weighted by atomic mass is 32.2. The third kappa shape index (κ3) is 4.13. The summed E-state index contributed by atoms with van der Waals surface area (Å²) in [6, 6.07) is 15.6. The van der Waals surface area contributed by atoms with Crippen molar-refractivity contribution >= 4 is 28.6 Å². The molecule has 1 fully saturated rings. The zero-order valence-electron chi connectivity index (χ0n) is 17.8. The van der Waals surface area contributed by atoms with Gasteiger partial charge in [0.15, 0.2) is 5.16 Å². The van der Waals surface area contributed by atoms with E-state index in [-0.39, 0.29) is 5.56 Å². The maximum atomic E-state index is 12.3. The molecule has 0 unspecified atom stereocenters. The topological polar surface area (TPSA) is 88.9 Å². The number of H-pyrrole nitrogens is 1. The van der Waals surface area contributed by atoms with Crippen LogP contribution in [-0.2, 0) is 11.2 Å². The number of hydrogen-bond donors (Lipinski definition) is 1. The van der Waals surface area contributed by atoms with Gasteiger partial charge in [-0.1, -0.05) is 42.1 Å². The zero-order chi connectivity index (χ0) is 21.9. The molecule has 0 atom stereocenters. The number of aryl methyl sites for hydroxylation is 2. The summed E-state index contributed by atoms with van der Waals surface area (Å²) in [5, 5.41) is 10.5. The van der Waals surface area contributed by atoms with Gasteiger partial charge in [0.2, 0.25) is 5.95 Å². The zero-order valence-corrected chi connectivity index (χ0v) is 18.6. The van der Waals surface area contributed by atoms with Crippen LogP contribution in [0.5, 0.6) is 0 Å². The number of thioether (sulfide) groups is 1. The molecule has 8 nitrogen and oxygen atoms in total. The van der Waals surface area contributed by atoms with E-state index in [2.05, 4.69) is 48.7 Å². The van der Waals surface area contributed by atoms with Gasteiger partial charge in [0.25, 0.3) is 5.56 Å². The van der Waals surface area contributed by atoms with Crippen molar-refractivity contribution in [3.05, 3.63) is 70.3 Å². The van der Waals surface area contributed by atoms with Crippen molar-refractivity contribution in [1.82, 2.24) is 24.7 Å². The minimum absolute atomic E-state index is 0.103. The van der Waals surface area contributed by atoms with Crippen molar-refractivity contribution in [2.75, 3.05) is 37.0 Å². The van der Waals surface area contributed by atoms with E-state index in [0.29, 0.717) is 42.1 Å². The summed E-state index contributed by atoms with van der Waals surface area (Å²) in [6.07, 6.45) is 0.623. The SMILES string of the molecule is Cc1ccccc1-n1c(SCCc2nc3ccccc3c(=O)[nH]2)nnc1N1CCOCC1. The third-order valence-corrected chi connectivity index (χ3v) is 6.43. The smallest absolute Gasteiger partial charge is 0.258 e. The van der Waals surface area contributed by atoms with Crippen LogP contribution in [0.1, 0.15) is 11.4 Å². The Hall–Kier alpha value is -3.17. The molecule has 2 aromatic carbocycles. The molecule has 0 bridgehead atoms. The Balaban J connectivity index is 1.41. The van der Waals surface area contributed by atoms with Crippen LogP contribution in [0.3, 0.4) is 0 Å². The van der Waals surface area contributed by atoms with Crippen LogP contribution >= 0.6 is 11.8 Å². The normalized spacial score (nSPS) is 14.2. The van der Waals surface area contributed by atoms with Gasteiger partial charge in [-0.05, 0) is 30.7 Å². The molecule has 3 heterocycles. The molecule has 1 N–H and O–H groups in total. The Kier molecular flexibility index (Phi) is 5.91. The third-order valence-electron chi connectivity index (χ3n) is 5.50. The molecule has 32 heavy (non-hydrogen) atoms. The summed E-state index contributed by atoms with van der Waals surface area (Å²) in [7, 11) is 0. The molecule has 0 amide bonds.